The maximum absolute atomic E-state index is 11.6. The Kier molecular flexibility index (Phi) is 10.9. The quantitative estimate of drug-likeness (QED) is 0.505. The molecular weight excluding hydrogens is 258 g/mol. The average Bonchev–Trinajstić information content (AvgIpc) is 2.41. The maximum Gasteiger partial charge on any atom is 0.166 e. The third-order valence-electron chi connectivity index (χ3n) is 3.55. The van der Waals surface area contributed by atoms with Gasteiger partial charge in [-0.1, -0.05) is 71.6 Å². The van der Waals surface area contributed by atoms with E-state index in [-0.39, 0.29) is 5.75 Å². The van der Waals surface area contributed by atoms with E-state index in [0.29, 0.717) is 6.42 Å². The molecule has 0 rings (SSSR count). The topological polar surface area (TPSA) is 57.9 Å². The molecule has 0 aromatic carbocycles. The third kappa shape index (κ3) is 9.04. The molecule has 0 spiro atoms. The van der Waals surface area contributed by atoms with Gasteiger partial charge in [-0.15, -0.1) is 0 Å². The summed E-state index contributed by atoms with van der Waals surface area (Å²) in [5.41, 5.74) is 0. The number of hydrogen-bond acceptors (Lipinski definition) is 3. The molecule has 0 aliphatic heterocycles. The average molecular weight is 287 g/mol. The predicted molar refractivity (Wildman–Crippen MR) is 80.7 cm³/mol. The molecule has 0 heterocycles. The van der Waals surface area contributed by atoms with Crippen LogP contribution in [0.15, 0.2) is 0 Å². The molecule has 0 aromatic heterocycles. The highest BCUT2D eigenvalue weighted by atomic mass is 32.2. The molecule has 0 aliphatic carbocycles. The molecule has 1 unspecified atom stereocenters. The van der Waals surface area contributed by atoms with Crippen LogP contribution in [-0.4, -0.2) is 19.4 Å². The van der Waals surface area contributed by atoms with E-state index in [4.69, 9.17) is 5.26 Å². The molecule has 0 fully saturated rings. The Morgan fingerprint density at radius 2 is 1.37 bits per heavy atom. The van der Waals surface area contributed by atoms with E-state index in [0.717, 1.165) is 19.3 Å². The number of nitrogens with zero attached hydrogens (tertiary/aromatic N) is 1. The van der Waals surface area contributed by atoms with Gasteiger partial charge in [0.1, 0.15) is 5.25 Å². The Hall–Kier alpha value is -0.560. The Balaban J connectivity index is 3.56. The molecule has 4 heteroatoms. The number of rotatable bonds is 12. The van der Waals surface area contributed by atoms with E-state index in [2.05, 4.69) is 6.92 Å². The molecule has 0 N–H and O–H groups in total. The zero-order chi connectivity index (χ0) is 14.6. The fraction of sp³-hybridized carbons (Fsp3) is 0.933. The monoisotopic (exact) mass is 287 g/mol. The Labute approximate surface area is 119 Å². The van der Waals surface area contributed by atoms with Crippen molar-refractivity contribution >= 4 is 9.84 Å². The molecule has 0 amide bonds. The van der Waals surface area contributed by atoms with Gasteiger partial charge in [0, 0.05) is 5.75 Å². The van der Waals surface area contributed by atoms with E-state index in [1.54, 1.807) is 6.92 Å². The van der Waals surface area contributed by atoms with Gasteiger partial charge in [-0.05, 0) is 6.42 Å². The lowest BCUT2D eigenvalue weighted by molar-refractivity contribution is 0.550. The van der Waals surface area contributed by atoms with Gasteiger partial charge in [0.25, 0.3) is 0 Å². The first kappa shape index (κ1) is 18.4. The maximum atomic E-state index is 11.6. The summed E-state index contributed by atoms with van der Waals surface area (Å²) >= 11 is 0. The summed E-state index contributed by atoms with van der Waals surface area (Å²) in [5, 5.41) is 8.10. The highest BCUT2D eigenvalue weighted by Gasteiger charge is 2.22. The van der Waals surface area contributed by atoms with Crippen molar-refractivity contribution in [1.82, 2.24) is 0 Å². The molecule has 0 aromatic rings. The fourth-order valence-electron chi connectivity index (χ4n) is 2.17. The molecular formula is C15H29NO2S. The molecule has 112 valence electrons. The standard InChI is InChI=1S/C15H29NO2S/c1-3-5-6-7-8-9-10-11-12-13-15(14-16)19(17,18)4-2/h15H,3-13H2,1-2H3. The van der Waals surface area contributed by atoms with Gasteiger partial charge >= 0.3 is 0 Å². The van der Waals surface area contributed by atoms with E-state index >= 15 is 0 Å². The smallest absolute Gasteiger partial charge is 0.166 e. The lowest BCUT2D eigenvalue weighted by atomic mass is 10.1. The highest BCUT2D eigenvalue weighted by Crippen LogP contribution is 2.14. The number of sulfone groups is 1. The lowest BCUT2D eigenvalue weighted by Crippen LogP contribution is -2.21. The summed E-state index contributed by atoms with van der Waals surface area (Å²) in [6, 6.07) is 1.93. The van der Waals surface area contributed by atoms with Crippen molar-refractivity contribution in [3.05, 3.63) is 0 Å². The van der Waals surface area contributed by atoms with Gasteiger partial charge in [0.15, 0.2) is 9.84 Å². The first-order valence-corrected chi connectivity index (χ1v) is 9.41. The molecule has 0 saturated heterocycles. The van der Waals surface area contributed by atoms with Crippen molar-refractivity contribution in [2.75, 3.05) is 5.75 Å². The molecule has 0 saturated carbocycles. The minimum absolute atomic E-state index is 0.0721. The third-order valence-corrected chi connectivity index (χ3v) is 5.56. The molecule has 3 nitrogen and oxygen atoms in total. The summed E-state index contributed by atoms with van der Waals surface area (Å²) in [6.45, 7) is 3.83. The van der Waals surface area contributed by atoms with Gasteiger partial charge in [-0.3, -0.25) is 0 Å². The fourth-order valence-corrected chi connectivity index (χ4v) is 3.25. The van der Waals surface area contributed by atoms with Crippen LogP contribution in [0.25, 0.3) is 0 Å². The van der Waals surface area contributed by atoms with E-state index in [1.807, 2.05) is 6.07 Å². The molecule has 1 atom stereocenters. The van der Waals surface area contributed by atoms with E-state index in [9.17, 15) is 8.42 Å². The van der Waals surface area contributed by atoms with Crippen molar-refractivity contribution < 1.29 is 8.42 Å². The van der Waals surface area contributed by atoms with Crippen molar-refractivity contribution in [3.63, 3.8) is 0 Å². The van der Waals surface area contributed by atoms with Crippen molar-refractivity contribution in [1.29, 1.82) is 5.26 Å². The van der Waals surface area contributed by atoms with Gasteiger partial charge in [-0.2, -0.15) is 5.26 Å². The van der Waals surface area contributed by atoms with Crippen molar-refractivity contribution in [2.24, 2.45) is 0 Å². The molecule has 0 aliphatic rings. The summed E-state index contributed by atoms with van der Waals surface area (Å²) in [5.74, 6) is 0.0721. The van der Waals surface area contributed by atoms with Gasteiger partial charge < -0.3 is 0 Å². The minimum Gasteiger partial charge on any atom is -0.227 e. The van der Waals surface area contributed by atoms with Crippen LogP contribution in [0.1, 0.15) is 78.1 Å². The zero-order valence-corrected chi connectivity index (χ0v) is 13.3. The molecule has 0 bridgehead atoms. The van der Waals surface area contributed by atoms with Crippen LogP contribution in [0.2, 0.25) is 0 Å². The largest absolute Gasteiger partial charge is 0.227 e. The van der Waals surface area contributed by atoms with Crippen molar-refractivity contribution in [3.8, 4) is 6.07 Å². The Bertz CT molecular complexity index is 344. The van der Waals surface area contributed by atoms with Crippen LogP contribution >= 0.6 is 0 Å². The highest BCUT2D eigenvalue weighted by molar-refractivity contribution is 7.92. The van der Waals surface area contributed by atoms with Gasteiger partial charge in [-0.25, -0.2) is 8.42 Å². The lowest BCUT2D eigenvalue weighted by Gasteiger charge is -2.08. The second-order valence-corrected chi connectivity index (χ2v) is 7.66. The minimum atomic E-state index is -3.18. The zero-order valence-electron chi connectivity index (χ0n) is 12.5. The summed E-state index contributed by atoms with van der Waals surface area (Å²) in [4.78, 5) is 0. The van der Waals surface area contributed by atoms with Crippen LogP contribution in [0.5, 0.6) is 0 Å². The van der Waals surface area contributed by atoms with E-state index < -0.39 is 15.1 Å². The Morgan fingerprint density at radius 3 is 1.79 bits per heavy atom. The SMILES string of the molecule is CCCCCCCCCCCC(C#N)S(=O)(=O)CC. The van der Waals surface area contributed by atoms with E-state index in [1.165, 1.54) is 38.5 Å². The second-order valence-electron chi connectivity index (χ2n) is 5.19. The normalized spacial score (nSPS) is 13.1. The first-order valence-electron chi connectivity index (χ1n) is 7.69. The summed E-state index contributed by atoms with van der Waals surface area (Å²) in [7, 11) is -3.18. The predicted octanol–water partition coefficient (Wildman–Crippen LogP) is 4.23. The van der Waals surface area contributed by atoms with Gasteiger partial charge in [0.2, 0.25) is 0 Å². The van der Waals surface area contributed by atoms with Crippen LogP contribution < -0.4 is 0 Å². The number of unbranched alkanes of at least 4 members (excludes halogenated alkanes) is 8. The Morgan fingerprint density at radius 1 is 0.895 bits per heavy atom. The number of nitriles is 1. The van der Waals surface area contributed by atoms with Crippen LogP contribution in [0, 0.1) is 11.3 Å². The molecule has 19 heavy (non-hydrogen) atoms. The van der Waals surface area contributed by atoms with Crippen LogP contribution in [-0.2, 0) is 9.84 Å². The number of hydrogen-bond donors (Lipinski definition) is 0. The second kappa shape index (κ2) is 11.3. The first-order chi connectivity index (χ1) is 9.08. The summed E-state index contributed by atoms with van der Waals surface area (Å²) < 4.78 is 23.1. The van der Waals surface area contributed by atoms with Crippen molar-refractivity contribution in [2.45, 2.75) is 83.3 Å². The summed E-state index contributed by atoms with van der Waals surface area (Å²) in [6.07, 6.45) is 11.4. The van der Waals surface area contributed by atoms with Gasteiger partial charge in [0.05, 0.1) is 6.07 Å². The van der Waals surface area contributed by atoms with Crippen LogP contribution in [0.3, 0.4) is 0 Å². The van der Waals surface area contributed by atoms with Crippen LogP contribution in [0.4, 0.5) is 0 Å². The molecule has 0 radical (unpaired) electrons.